The predicted molar refractivity (Wildman–Crippen MR) is 136 cm³/mol. The highest BCUT2D eigenvalue weighted by Gasteiger charge is 2.24. The summed E-state index contributed by atoms with van der Waals surface area (Å²) < 4.78 is 7.26. The van der Waals surface area contributed by atoms with Gasteiger partial charge in [0.05, 0.1) is 19.3 Å². The average molecular weight is 494 g/mol. The Hall–Kier alpha value is -3.33. The van der Waals surface area contributed by atoms with Crippen LogP contribution >= 0.6 is 11.8 Å². The van der Waals surface area contributed by atoms with E-state index in [1.807, 2.05) is 39.8 Å². The Kier molecular flexibility index (Phi) is 8.07. The second-order valence-corrected chi connectivity index (χ2v) is 9.69. The minimum absolute atomic E-state index is 0.0385. The summed E-state index contributed by atoms with van der Waals surface area (Å²) in [7, 11) is 1.61. The molecule has 1 aromatic heterocycles. The maximum Gasteiger partial charge on any atom is 0.230 e. The number of nitrogens with one attached hydrogen (secondary N) is 1. The number of aryl methyl sites for hydroxylation is 2. The normalized spacial score (nSPS) is 14.1. The Morgan fingerprint density at radius 2 is 1.89 bits per heavy atom. The van der Waals surface area contributed by atoms with Gasteiger partial charge in [0.2, 0.25) is 11.8 Å². The molecule has 1 aliphatic rings. The van der Waals surface area contributed by atoms with E-state index in [-0.39, 0.29) is 23.6 Å². The van der Waals surface area contributed by atoms with Gasteiger partial charge in [-0.15, -0.1) is 10.2 Å². The van der Waals surface area contributed by atoms with E-state index < -0.39 is 0 Å². The zero-order valence-electron chi connectivity index (χ0n) is 20.4. The standard InChI is InChI=1S/C26H31N5O3S/c1-18-8-9-22(14-19(18)2)31-17-27-29-26(31)35-16-24(32)28-21-10-12-30(13-11-21)25(33)15-20-6-4-5-7-23(20)34-3/h4-9,14,17,21H,10-13,15-16H2,1-3H3,(H,28,32). The number of likely N-dealkylation sites (tertiary alicyclic amines) is 1. The fourth-order valence-electron chi connectivity index (χ4n) is 4.17. The number of nitrogens with zero attached hydrogens (tertiary/aromatic N) is 4. The van der Waals surface area contributed by atoms with Crippen LogP contribution in [0.3, 0.4) is 0 Å². The van der Waals surface area contributed by atoms with Crippen molar-refractivity contribution in [3.05, 3.63) is 65.5 Å². The molecule has 1 N–H and O–H groups in total. The number of thioether (sulfide) groups is 1. The fourth-order valence-corrected chi connectivity index (χ4v) is 4.91. The van der Waals surface area contributed by atoms with Gasteiger partial charge in [0, 0.05) is 30.4 Å². The van der Waals surface area contributed by atoms with E-state index in [0.29, 0.717) is 24.7 Å². The molecule has 35 heavy (non-hydrogen) atoms. The molecule has 0 unspecified atom stereocenters. The maximum absolute atomic E-state index is 12.8. The van der Waals surface area contributed by atoms with Crippen LogP contribution in [-0.4, -0.2) is 63.5 Å². The molecule has 0 bridgehead atoms. The number of hydrogen-bond acceptors (Lipinski definition) is 6. The molecule has 1 aliphatic heterocycles. The molecule has 0 saturated carbocycles. The molecule has 1 saturated heterocycles. The first-order valence-electron chi connectivity index (χ1n) is 11.7. The molecule has 184 valence electrons. The number of carbonyl (C=O) groups is 2. The highest BCUT2D eigenvalue weighted by atomic mass is 32.2. The van der Waals surface area contributed by atoms with Gasteiger partial charge in [-0.2, -0.15) is 0 Å². The molecule has 9 heteroatoms. The largest absolute Gasteiger partial charge is 0.496 e. The predicted octanol–water partition coefficient (Wildman–Crippen LogP) is 3.33. The van der Waals surface area contributed by atoms with Gasteiger partial charge in [-0.05, 0) is 56.0 Å². The minimum atomic E-state index is -0.0385. The molecule has 1 fully saturated rings. The molecule has 0 radical (unpaired) electrons. The molecule has 2 amide bonds. The van der Waals surface area contributed by atoms with Crippen molar-refractivity contribution < 1.29 is 14.3 Å². The van der Waals surface area contributed by atoms with Gasteiger partial charge in [-0.1, -0.05) is 36.0 Å². The highest BCUT2D eigenvalue weighted by Crippen LogP contribution is 2.22. The number of hydrogen-bond donors (Lipinski definition) is 1. The maximum atomic E-state index is 12.8. The quantitative estimate of drug-likeness (QED) is 0.484. The lowest BCUT2D eigenvalue weighted by molar-refractivity contribution is -0.131. The van der Waals surface area contributed by atoms with E-state index in [4.69, 9.17) is 4.74 Å². The monoisotopic (exact) mass is 493 g/mol. The Morgan fingerprint density at radius 1 is 1.11 bits per heavy atom. The van der Waals surface area contributed by atoms with Crippen molar-refractivity contribution >= 4 is 23.6 Å². The van der Waals surface area contributed by atoms with Crippen LogP contribution in [0, 0.1) is 13.8 Å². The van der Waals surface area contributed by atoms with E-state index >= 15 is 0 Å². The summed E-state index contributed by atoms with van der Waals surface area (Å²) in [6.07, 6.45) is 3.47. The van der Waals surface area contributed by atoms with Crippen LogP contribution in [0.15, 0.2) is 53.9 Å². The van der Waals surface area contributed by atoms with Crippen LogP contribution < -0.4 is 10.1 Å². The summed E-state index contributed by atoms with van der Waals surface area (Å²) in [4.78, 5) is 27.2. The van der Waals surface area contributed by atoms with Crippen LogP contribution in [0.4, 0.5) is 0 Å². The number of ether oxygens (including phenoxy) is 1. The van der Waals surface area contributed by atoms with E-state index in [9.17, 15) is 9.59 Å². The van der Waals surface area contributed by atoms with Crippen LogP contribution in [0.25, 0.3) is 5.69 Å². The number of para-hydroxylation sites is 1. The van der Waals surface area contributed by atoms with Crippen molar-refractivity contribution in [2.45, 2.75) is 44.3 Å². The molecule has 0 spiro atoms. The van der Waals surface area contributed by atoms with Crippen molar-refractivity contribution in [3.8, 4) is 11.4 Å². The number of aromatic nitrogens is 3. The van der Waals surface area contributed by atoms with Crippen LogP contribution in [0.2, 0.25) is 0 Å². The zero-order valence-corrected chi connectivity index (χ0v) is 21.2. The number of benzene rings is 2. The molecule has 0 atom stereocenters. The fraction of sp³-hybridized carbons (Fsp3) is 0.385. The van der Waals surface area contributed by atoms with E-state index in [2.05, 4.69) is 41.5 Å². The first-order valence-corrected chi connectivity index (χ1v) is 12.7. The third-order valence-corrected chi connectivity index (χ3v) is 7.31. The Labute approximate surface area is 210 Å². The van der Waals surface area contributed by atoms with Gasteiger partial charge in [0.1, 0.15) is 12.1 Å². The number of amides is 2. The zero-order chi connectivity index (χ0) is 24.8. The summed E-state index contributed by atoms with van der Waals surface area (Å²) in [5.74, 6) is 1.04. The van der Waals surface area contributed by atoms with Crippen molar-refractivity contribution in [1.82, 2.24) is 25.0 Å². The van der Waals surface area contributed by atoms with Gasteiger partial charge < -0.3 is 15.0 Å². The Morgan fingerprint density at radius 3 is 2.63 bits per heavy atom. The van der Waals surface area contributed by atoms with Gasteiger partial charge >= 0.3 is 0 Å². The summed E-state index contributed by atoms with van der Waals surface area (Å²) >= 11 is 1.37. The second-order valence-electron chi connectivity index (χ2n) is 8.75. The first kappa shape index (κ1) is 24.8. The lowest BCUT2D eigenvalue weighted by atomic mass is 10.0. The van der Waals surface area contributed by atoms with Crippen LogP contribution in [-0.2, 0) is 16.0 Å². The number of rotatable bonds is 8. The second kappa shape index (κ2) is 11.4. The summed E-state index contributed by atoms with van der Waals surface area (Å²) in [6, 6.07) is 13.8. The lowest BCUT2D eigenvalue weighted by Crippen LogP contribution is -2.47. The molecule has 2 heterocycles. The van der Waals surface area contributed by atoms with E-state index in [1.165, 1.54) is 22.9 Å². The van der Waals surface area contributed by atoms with Gasteiger partial charge in [0.15, 0.2) is 5.16 Å². The van der Waals surface area contributed by atoms with E-state index in [0.717, 1.165) is 29.8 Å². The summed E-state index contributed by atoms with van der Waals surface area (Å²) in [6.45, 7) is 5.41. The molecule has 8 nitrogen and oxygen atoms in total. The number of carbonyl (C=O) groups excluding carboxylic acids is 2. The average Bonchev–Trinajstić information content (AvgIpc) is 3.34. The summed E-state index contributed by atoms with van der Waals surface area (Å²) in [5, 5.41) is 12.0. The Bertz CT molecular complexity index is 1190. The molecular weight excluding hydrogens is 462 g/mol. The third-order valence-electron chi connectivity index (χ3n) is 6.36. The Balaban J connectivity index is 1.24. The highest BCUT2D eigenvalue weighted by molar-refractivity contribution is 7.99. The topological polar surface area (TPSA) is 89.3 Å². The third kappa shape index (κ3) is 6.22. The molecular formula is C26H31N5O3S. The number of methoxy groups -OCH3 is 1. The van der Waals surface area contributed by atoms with Crippen molar-refractivity contribution in [3.63, 3.8) is 0 Å². The van der Waals surface area contributed by atoms with Crippen LogP contribution in [0.1, 0.15) is 29.5 Å². The van der Waals surface area contributed by atoms with Crippen LogP contribution in [0.5, 0.6) is 5.75 Å². The minimum Gasteiger partial charge on any atom is -0.496 e. The van der Waals surface area contributed by atoms with Crippen molar-refractivity contribution in [1.29, 1.82) is 0 Å². The summed E-state index contributed by atoms with van der Waals surface area (Å²) in [5.41, 5.74) is 4.29. The molecule has 2 aromatic carbocycles. The first-order chi connectivity index (χ1) is 16.9. The van der Waals surface area contributed by atoms with E-state index in [1.54, 1.807) is 13.4 Å². The lowest BCUT2D eigenvalue weighted by Gasteiger charge is -2.32. The van der Waals surface area contributed by atoms with Crippen molar-refractivity contribution in [2.75, 3.05) is 26.0 Å². The van der Waals surface area contributed by atoms with Gasteiger partial charge in [-0.25, -0.2) is 0 Å². The number of piperidine rings is 1. The molecule has 4 rings (SSSR count). The van der Waals surface area contributed by atoms with Gasteiger partial charge in [-0.3, -0.25) is 14.2 Å². The smallest absolute Gasteiger partial charge is 0.230 e. The van der Waals surface area contributed by atoms with Gasteiger partial charge in [0.25, 0.3) is 0 Å². The molecule has 0 aliphatic carbocycles. The molecule has 3 aromatic rings. The SMILES string of the molecule is COc1ccccc1CC(=O)N1CCC(NC(=O)CSc2nncn2-c2ccc(C)c(C)c2)CC1. The van der Waals surface area contributed by atoms with Crippen molar-refractivity contribution in [2.24, 2.45) is 0 Å².